The topological polar surface area (TPSA) is 20.2 Å². The summed E-state index contributed by atoms with van der Waals surface area (Å²) in [5, 5.41) is 9.35. The van der Waals surface area contributed by atoms with Crippen LogP contribution in [-0.2, 0) is 0 Å². The molecule has 10 heavy (non-hydrogen) atoms. The molecule has 1 aliphatic rings. The van der Waals surface area contributed by atoms with Crippen LogP contribution in [0.5, 0.6) is 0 Å². The van der Waals surface area contributed by atoms with Crippen LogP contribution < -0.4 is 0 Å². The summed E-state index contributed by atoms with van der Waals surface area (Å²) in [5.41, 5.74) is 1.47. The minimum Gasteiger partial charge on any atom is -0.393 e. The van der Waals surface area contributed by atoms with Gasteiger partial charge in [0.05, 0.1) is 6.10 Å². The summed E-state index contributed by atoms with van der Waals surface area (Å²) in [5.74, 6) is 0. The summed E-state index contributed by atoms with van der Waals surface area (Å²) >= 11 is 0. The maximum Gasteiger partial charge on any atom is 0.0582 e. The molecule has 1 nitrogen and oxygen atoms in total. The molecule has 0 aromatic rings. The highest BCUT2D eigenvalue weighted by Gasteiger charge is 2.28. The Labute approximate surface area is 62.8 Å². The Morgan fingerprint density at radius 1 is 1.60 bits per heavy atom. The van der Waals surface area contributed by atoms with E-state index >= 15 is 0 Å². The van der Waals surface area contributed by atoms with Crippen molar-refractivity contribution in [2.45, 2.75) is 39.2 Å². The van der Waals surface area contributed by atoms with Crippen molar-refractivity contribution in [3.05, 3.63) is 12.2 Å². The second-order valence-corrected chi connectivity index (χ2v) is 4.15. The Bertz CT molecular complexity index is 147. The van der Waals surface area contributed by atoms with E-state index in [2.05, 4.69) is 20.4 Å². The van der Waals surface area contributed by atoms with Gasteiger partial charge in [-0.2, -0.15) is 0 Å². The summed E-state index contributed by atoms with van der Waals surface area (Å²) in [6, 6.07) is 0. The van der Waals surface area contributed by atoms with E-state index < -0.39 is 0 Å². The quantitative estimate of drug-likeness (QED) is 0.511. The van der Waals surface area contributed by atoms with Crippen LogP contribution in [0, 0.1) is 5.41 Å². The van der Waals surface area contributed by atoms with Crippen molar-refractivity contribution < 1.29 is 5.11 Å². The largest absolute Gasteiger partial charge is 0.393 e. The zero-order chi connectivity index (χ0) is 7.78. The van der Waals surface area contributed by atoms with Gasteiger partial charge in [0.25, 0.3) is 0 Å². The van der Waals surface area contributed by atoms with Crippen LogP contribution in [0.3, 0.4) is 0 Å². The first-order chi connectivity index (χ1) is 4.49. The molecule has 1 rings (SSSR count). The van der Waals surface area contributed by atoms with E-state index in [1.807, 2.05) is 0 Å². The number of aliphatic hydroxyl groups is 1. The van der Waals surface area contributed by atoms with E-state index in [1.54, 1.807) is 0 Å². The van der Waals surface area contributed by atoms with Crippen LogP contribution >= 0.6 is 0 Å². The van der Waals surface area contributed by atoms with E-state index in [-0.39, 0.29) is 11.5 Å². The average molecular weight is 140 g/mol. The van der Waals surface area contributed by atoms with Crippen LogP contribution in [0.25, 0.3) is 0 Å². The lowest BCUT2D eigenvalue weighted by atomic mass is 9.74. The number of hydrogen-bond acceptors (Lipinski definition) is 1. The molecule has 0 saturated heterocycles. The number of hydrogen-bond donors (Lipinski definition) is 1. The lowest BCUT2D eigenvalue weighted by molar-refractivity contribution is 0.0909. The molecule has 58 valence electrons. The first kappa shape index (κ1) is 7.80. The summed E-state index contributed by atoms with van der Waals surface area (Å²) in [7, 11) is 0. The highest BCUT2D eigenvalue weighted by atomic mass is 16.3. The molecule has 1 fully saturated rings. The van der Waals surface area contributed by atoms with Gasteiger partial charge in [0, 0.05) is 0 Å². The van der Waals surface area contributed by atoms with Gasteiger partial charge in [-0.05, 0) is 24.7 Å². The maximum atomic E-state index is 9.35. The first-order valence-electron chi connectivity index (χ1n) is 3.84. The molecule has 1 N–H and O–H groups in total. The molecule has 0 bridgehead atoms. The van der Waals surface area contributed by atoms with Gasteiger partial charge in [-0.25, -0.2) is 0 Å². The van der Waals surface area contributed by atoms with Crippen molar-refractivity contribution in [1.82, 2.24) is 0 Å². The monoisotopic (exact) mass is 140 g/mol. The smallest absolute Gasteiger partial charge is 0.0582 e. The lowest BCUT2D eigenvalue weighted by Crippen LogP contribution is -2.26. The molecule has 1 unspecified atom stereocenters. The first-order valence-corrected chi connectivity index (χ1v) is 3.84. The van der Waals surface area contributed by atoms with Gasteiger partial charge < -0.3 is 5.11 Å². The van der Waals surface area contributed by atoms with Crippen molar-refractivity contribution in [2.75, 3.05) is 0 Å². The molecular formula is C9H16O. The maximum absolute atomic E-state index is 9.35. The highest BCUT2D eigenvalue weighted by molar-refractivity contribution is 5.05. The second kappa shape index (κ2) is 2.39. The summed E-state index contributed by atoms with van der Waals surface area (Å²) in [6.07, 6.45) is 2.66. The van der Waals surface area contributed by atoms with Crippen LogP contribution in [0.2, 0.25) is 0 Å². The Morgan fingerprint density at radius 2 is 2.20 bits per heavy atom. The Kier molecular flexibility index (Phi) is 1.86. The van der Waals surface area contributed by atoms with Gasteiger partial charge in [-0.3, -0.25) is 0 Å². The molecule has 1 aliphatic carbocycles. The SMILES string of the molecule is C=C1CC(O)CC(C)(C)C1. The standard InChI is InChI=1S/C9H16O/c1-7-4-8(10)6-9(2,3)5-7/h8,10H,1,4-6H2,2-3H3. The Hall–Kier alpha value is -0.300. The van der Waals surface area contributed by atoms with Gasteiger partial charge in [-0.1, -0.05) is 26.0 Å². The van der Waals surface area contributed by atoms with Crippen molar-refractivity contribution in [1.29, 1.82) is 0 Å². The molecule has 0 heterocycles. The Morgan fingerprint density at radius 3 is 2.60 bits per heavy atom. The second-order valence-electron chi connectivity index (χ2n) is 4.15. The molecule has 1 atom stereocenters. The Balaban J connectivity index is 2.59. The van der Waals surface area contributed by atoms with Crippen molar-refractivity contribution in [2.24, 2.45) is 5.41 Å². The predicted octanol–water partition coefficient (Wildman–Crippen LogP) is 2.11. The van der Waals surface area contributed by atoms with E-state index in [1.165, 1.54) is 5.57 Å². The molecule has 1 saturated carbocycles. The van der Waals surface area contributed by atoms with Gasteiger partial charge >= 0.3 is 0 Å². The minimum absolute atomic E-state index is 0.142. The van der Waals surface area contributed by atoms with Gasteiger partial charge in [0.2, 0.25) is 0 Å². The molecule has 1 heteroatoms. The van der Waals surface area contributed by atoms with Crippen LogP contribution in [0.1, 0.15) is 33.1 Å². The predicted molar refractivity (Wildman–Crippen MR) is 42.8 cm³/mol. The zero-order valence-electron chi connectivity index (χ0n) is 6.85. The minimum atomic E-state index is -0.142. The molecule has 0 aromatic carbocycles. The molecule has 0 aliphatic heterocycles. The highest BCUT2D eigenvalue weighted by Crippen LogP contribution is 2.37. The summed E-state index contributed by atoms with van der Waals surface area (Å²) in [6.45, 7) is 8.26. The van der Waals surface area contributed by atoms with Crippen molar-refractivity contribution >= 4 is 0 Å². The average Bonchev–Trinajstić information content (AvgIpc) is 1.54. The number of rotatable bonds is 0. The summed E-state index contributed by atoms with van der Waals surface area (Å²) in [4.78, 5) is 0. The van der Waals surface area contributed by atoms with Gasteiger partial charge in [-0.15, -0.1) is 0 Å². The molecule has 0 spiro atoms. The van der Waals surface area contributed by atoms with Crippen LogP contribution in [0.4, 0.5) is 0 Å². The lowest BCUT2D eigenvalue weighted by Gasteiger charge is -2.33. The third-order valence-electron chi connectivity index (χ3n) is 2.04. The zero-order valence-corrected chi connectivity index (χ0v) is 6.85. The third-order valence-corrected chi connectivity index (χ3v) is 2.04. The van der Waals surface area contributed by atoms with E-state index in [4.69, 9.17) is 0 Å². The van der Waals surface area contributed by atoms with Gasteiger partial charge in [0.15, 0.2) is 0 Å². The fourth-order valence-electron chi connectivity index (χ4n) is 1.86. The van der Waals surface area contributed by atoms with Crippen LogP contribution in [-0.4, -0.2) is 11.2 Å². The van der Waals surface area contributed by atoms with Gasteiger partial charge in [0.1, 0.15) is 0 Å². The molecule has 0 aromatic heterocycles. The van der Waals surface area contributed by atoms with E-state index in [0.717, 1.165) is 19.3 Å². The van der Waals surface area contributed by atoms with Crippen molar-refractivity contribution in [3.63, 3.8) is 0 Å². The van der Waals surface area contributed by atoms with E-state index in [9.17, 15) is 5.11 Å². The normalized spacial score (nSPS) is 32.3. The van der Waals surface area contributed by atoms with Crippen molar-refractivity contribution in [3.8, 4) is 0 Å². The van der Waals surface area contributed by atoms with E-state index in [0.29, 0.717) is 0 Å². The molecule has 0 radical (unpaired) electrons. The number of aliphatic hydroxyl groups excluding tert-OH is 1. The molecular weight excluding hydrogens is 124 g/mol. The summed E-state index contributed by atoms with van der Waals surface area (Å²) < 4.78 is 0. The fourth-order valence-corrected chi connectivity index (χ4v) is 1.86. The molecule has 0 amide bonds. The van der Waals surface area contributed by atoms with Crippen LogP contribution in [0.15, 0.2) is 12.2 Å². The third kappa shape index (κ3) is 1.84. The fraction of sp³-hybridized carbons (Fsp3) is 0.778.